The number of hydrogen-bond donors (Lipinski definition) is 0. The van der Waals surface area contributed by atoms with Crippen LogP contribution in [0.1, 0.15) is 12.8 Å². The van der Waals surface area contributed by atoms with Gasteiger partial charge >= 0.3 is 5.97 Å². The first-order valence-electron chi connectivity index (χ1n) is 7.27. The Morgan fingerprint density at radius 3 is 2.33 bits per heavy atom. The third-order valence-corrected chi connectivity index (χ3v) is 5.56. The summed E-state index contributed by atoms with van der Waals surface area (Å²) in [5, 5.41) is 0. The first-order chi connectivity index (χ1) is 9.85. The second-order valence-corrected chi connectivity index (χ2v) is 7.63. The summed E-state index contributed by atoms with van der Waals surface area (Å²) < 4.78 is 30.4. The topological polar surface area (TPSA) is 70.2 Å². The number of esters is 1. The Morgan fingerprint density at radius 2 is 1.81 bits per heavy atom. The van der Waals surface area contributed by atoms with Crippen molar-refractivity contribution in [3.05, 3.63) is 0 Å². The summed E-state index contributed by atoms with van der Waals surface area (Å²) in [5.74, 6) is -0.349. The molecule has 0 bridgehead atoms. The van der Waals surface area contributed by atoms with Gasteiger partial charge in [0, 0.05) is 45.7 Å². The Labute approximate surface area is 127 Å². The molecule has 0 aromatic heterocycles. The Balaban J connectivity index is 2.33. The fourth-order valence-electron chi connectivity index (χ4n) is 2.20. The summed E-state index contributed by atoms with van der Waals surface area (Å²) in [7, 11) is 2.12. The van der Waals surface area contributed by atoms with Gasteiger partial charge in [-0.15, -0.1) is 0 Å². The van der Waals surface area contributed by atoms with Crippen molar-refractivity contribution in [2.45, 2.75) is 12.8 Å². The van der Waals surface area contributed by atoms with Gasteiger partial charge in [0.2, 0.25) is 10.0 Å². The van der Waals surface area contributed by atoms with E-state index in [0.29, 0.717) is 19.5 Å². The van der Waals surface area contributed by atoms with E-state index in [0.717, 1.165) is 26.2 Å². The highest BCUT2D eigenvalue weighted by atomic mass is 32.2. The minimum atomic E-state index is -3.25. The lowest BCUT2D eigenvalue weighted by Gasteiger charge is -2.34. The zero-order valence-corrected chi connectivity index (χ0v) is 14.1. The van der Waals surface area contributed by atoms with E-state index in [4.69, 9.17) is 0 Å². The van der Waals surface area contributed by atoms with Crippen LogP contribution in [0, 0.1) is 0 Å². The van der Waals surface area contributed by atoms with Crippen molar-refractivity contribution in [1.29, 1.82) is 0 Å². The molecule has 8 heteroatoms. The first kappa shape index (κ1) is 18.3. The number of ether oxygens (including phenoxy) is 1. The largest absolute Gasteiger partial charge is 0.469 e. The van der Waals surface area contributed by atoms with E-state index in [1.165, 1.54) is 11.4 Å². The Morgan fingerprint density at radius 1 is 1.19 bits per heavy atom. The Kier molecular flexibility index (Phi) is 7.58. The number of hydrogen-bond acceptors (Lipinski definition) is 6. The highest BCUT2D eigenvalue weighted by Crippen LogP contribution is 2.10. The van der Waals surface area contributed by atoms with Gasteiger partial charge in [0.25, 0.3) is 0 Å². The summed E-state index contributed by atoms with van der Waals surface area (Å²) in [5.41, 5.74) is 0. The molecule has 0 aliphatic carbocycles. The zero-order valence-electron chi connectivity index (χ0n) is 13.2. The van der Waals surface area contributed by atoms with Crippen LogP contribution in [0.4, 0.5) is 0 Å². The summed E-state index contributed by atoms with van der Waals surface area (Å²) in [6, 6.07) is 0. The molecule has 0 N–H and O–H groups in total. The zero-order chi connectivity index (χ0) is 15.9. The second-order valence-electron chi connectivity index (χ2n) is 5.54. The van der Waals surface area contributed by atoms with Gasteiger partial charge < -0.3 is 9.64 Å². The van der Waals surface area contributed by atoms with Crippen LogP contribution in [-0.2, 0) is 19.6 Å². The van der Waals surface area contributed by atoms with E-state index in [2.05, 4.69) is 14.5 Å². The molecule has 1 saturated heterocycles. The third-order valence-electron chi connectivity index (χ3n) is 3.60. The summed E-state index contributed by atoms with van der Waals surface area (Å²) in [4.78, 5) is 15.4. The van der Waals surface area contributed by atoms with Crippen LogP contribution in [0.3, 0.4) is 0 Å². The maximum Gasteiger partial charge on any atom is 0.305 e. The standard InChI is InChI=1S/C13H27N3O4S/c1-14(2)6-7-15-8-10-16(11-9-15)21(18,19)12-4-5-13(17)20-3/h4-12H2,1-3H3. The second kappa shape index (κ2) is 8.67. The number of rotatable bonds is 8. The van der Waals surface area contributed by atoms with Crippen LogP contribution < -0.4 is 0 Å². The molecule has 0 aromatic carbocycles. The molecule has 1 aliphatic heterocycles. The number of carbonyl (C=O) groups is 1. The average Bonchev–Trinajstić information content (AvgIpc) is 2.45. The van der Waals surface area contributed by atoms with Crippen molar-refractivity contribution < 1.29 is 17.9 Å². The molecular weight excluding hydrogens is 294 g/mol. The SMILES string of the molecule is COC(=O)CCCS(=O)(=O)N1CCN(CCN(C)C)CC1. The van der Waals surface area contributed by atoms with E-state index in [1.807, 2.05) is 14.1 Å². The van der Waals surface area contributed by atoms with Crippen molar-refractivity contribution in [3.8, 4) is 0 Å². The van der Waals surface area contributed by atoms with E-state index in [9.17, 15) is 13.2 Å². The maximum atomic E-state index is 12.2. The van der Waals surface area contributed by atoms with Gasteiger partial charge in [-0.2, -0.15) is 4.31 Å². The van der Waals surface area contributed by atoms with Gasteiger partial charge in [0.05, 0.1) is 12.9 Å². The van der Waals surface area contributed by atoms with Crippen LogP contribution in [0.2, 0.25) is 0 Å². The molecule has 0 atom stereocenters. The minimum Gasteiger partial charge on any atom is -0.469 e. The Hall–Kier alpha value is -0.700. The lowest BCUT2D eigenvalue weighted by Crippen LogP contribution is -2.50. The number of nitrogens with zero attached hydrogens (tertiary/aromatic N) is 3. The molecule has 1 rings (SSSR count). The summed E-state index contributed by atoms with van der Waals surface area (Å²) >= 11 is 0. The van der Waals surface area contributed by atoms with Crippen molar-refractivity contribution in [3.63, 3.8) is 0 Å². The third kappa shape index (κ3) is 6.73. The van der Waals surface area contributed by atoms with Gasteiger partial charge in [-0.05, 0) is 20.5 Å². The average molecular weight is 321 g/mol. The van der Waals surface area contributed by atoms with Crippen LogP contribution in [-0.4, -0.2) is 94.7 Å². The van der Waals surface area contributed by atoms with Crippen LogP contribution >= 0.6 is 0 Å². The molecule has 0 aromatic rings. The number of piperazine rings is 1. The van der Waals surface area contributed by atoms with Crippen LogP contribution in [0.5, 0.6) is 0 Å². The van der Waals surface area contributed by atoms with E-state index < -0.39 is 10.0 Å². The lowest BCUT2D eigenvalue weighted by atomic mass is 10.3. The molecule has 124 valence electrons. The first-order valence-corrected chi connectivity index (χ1v) is 8.88. The fraction of sp³-hybridized carbons (Fsp3) is 0.923. The fourth-order valence-corrected chi connectivity index (χ4v) is 3.69. The lowest BCUT2D eigenvalue weighted by molar-refractivity contribution is -0.140. The van der Waals surface area contributed by atoms with Gasteiger partial charge in [0.15, 0.2) is 0 Å². The molecule has 0 amide bonds. The molecule has 7 nitrogen and oxygen atoms in total. The Bertz CT molecular complexity index is 417. The van der Waals surface area contributed by atoms with E-state index in [-0.39, 0.29) is 18.1 Å². The molecule has 0 spiro atoms. The summed E-state index contributed by atoms with van der Waals surface area (Å²) in [6.07, 6.45) is 0.467. The summed E-state index contributed by atoms with van der Waals surface area (Å²) in [6.45, 7) is 4.55. The van der Waals surface area contributed by atoms with Gasteiger partial charge in [0.1, 0.15) is 0 Å². The van der Waals surface area contributed by atoms with E-state index in [1.54, 1.807) is 0 Å². The quantitative estimate of drug-likeness (QED) is 0.559. The molecular formula is C13H27N3O4S. The van der Waals surface area contributed by atoms with Crippen molar-refractivity contribution >= 4 is 16.0 Å². The molecule has 1 fully saturated rings. The van der Waals surface area contributed by atoms with Gasteiger partial charge in [-0.25, -0.2) is 8.42 Å². The smallest absolute Gasteiger partial charge is 0.305 e. The van der Waals surface area contributed by atoms with E-state index >= 15 is 0 Å². The van der Waals surface area contributed by atoms with Crippen molar-refractivity contribution in [2.24, 2.45) is 0 Å². The van der Waals surface area contributed by atoms with Gasteiger partial charge in [-0.1, -0.05) is 0 Å². The molecule has 0 saturated carbocycles. The predicted molar refractivity (Wildman–Crippen MR) is 81.6 cm³/mol. The molecule has 21 heavy (non-hydrogen) atoms. The highest BCUT2D eigenvalue weighted by molar-refractivity contribution is 7.89. The van der Waals surface area contributed by atoms with Crippen molar-refractivity contribution in [2.75, 3.05) is 66.2 Å². The van der Waals surface area contributed by atoms with Crippen molar-refractivity contribution in [1.82, 2.24) is 14.1 Å². The number of sulfonamides is 1. The highest BCUT2D eigenvalue weighted by Gasteiger charge is 2.26. The number of likely N-dealkylation sites (N-methyl/N-ethyl adjacent to an activating group) is 1. The molecule has 0 radical (unpaired) electrons. The predicted octanol–water partition coefficient (Wildman–Crippen LogP) is -0.551. The molecule has 1 heterocycles. The van der Waals surface area contributed by atoms with Crippen LogP contribution in [0.15, 0.2) is 0 Å². The number of carbonyl (C=O) groups excluding carboxylic acids is 1. The molecule has 1 aliphatic rings. The molecule has 0 unspecified atom stereocenters. The van der Waals surface area contributed by atoms with Gasteiger partial charge in [-0.3, -0.25) is 9.69 Å². The monoisotopic (exact) mass is 321 g/mol. The normalized spacial score (nSPS) is 18.1. The maximum absolute atomic E-state index is 12.2. The minimum absolute atomic E-state index is 0.0137. The number of methoxy groups -OCH3 is 1. The van der Waals surface area contributed by atoms with Crippen LogP contribution in [0.25, 0.3) is 0 Å².